The van der Waals surface area contributed by atoms with E-state index in [1.54, 1.807) is 0 Å². The molecule has 1 aliphatic carbocycles. The zero-order chi connectivity index (χ0) is 9.14. The molecular weight excluding hydrogens is 154 g/mol. The smallest absolute Gasteiger partial charge is 0.0695 e. The van der Waals surface area contributed by atoms with Gasteiger partial charge in [0, 0.05) is 12.1 Å². The summed E-state index contributed by atoms with van der Waals surface area (Å²) in [7, 11) is 1.97. The molecule has 72 valence electrons. The van der Waals surface area contributed by atoms with E-state index in [1.807, 2.05) is 14.0 Å². The van der Waals surface area contributed by atoms with E-state index < -0.39 is 0 Å². The lowest BCUT2D eigenvalue weighted by molar-refractivity contribution is 0.0473. The summed E-state index contributed by atoms with van der Waals surface area (Å²) in [4.78, 5) is 2.08. The summed E-state index contributed by atoms with van der Waals surface area (Å²) in [5, 5.41) is 18.5. The first-order chi connectivity index (χ1) is 5.66. The molecular formula is C9H19NO2. The van der Waals surface area contributed by atoms with Gasteiger partial charge in [0.05, 0.1) is 12.7 Å². The number of likely N-dealkylation sites (N-methyl/N-ethyl adjacent to an activating group) is 1. The van der Waals surface area contributed by atoms with Gasteiger partial charge in [-0.3, -0.25) is 4.90 Å². The lowest BCUT2D eigenvalue weighted by atomic mass is 10.1. The minimum absolute atomic E-state index is 0.155. The Hall–Kier alpha value is -0.120. The zero-order valence-electron chi connectivity index (χ0n) is 7.90. The van der Waals surface area contributed by atoms with Crippen LogP contribution in [0.15, 0.2) is 0 Å². The van der Waals surface area contributed by atoms with Crippen LogP contribution in [0, 0.1) is 0 Å². The third-order valence-electron chi connectivity index (χ3n) is 2.93. The van der Waals surface area contributed by atoms with Gasteiger partial charge in [-0.1, -0.05) is 0 Å². The third kappa shape index (κ3) is 1.97. The first-order valence-electron chi connectivity index (χ1n) is 4.67. The Bertz CT molecular complexity index is 140. The van der Waals surface area contributed by atoms with Crippen molar-refractivity contribution in [2.75, 3.05) is 13.7 Å². The molecule has 1 saturated carbocycles. The number of hydrogen-bond acceptors (Lipinski definition) is 3. The largest absolute Gasteiger partial charge is 0.395 e. The summed E-state index contributed by atoms with van der Waals surface area (Å²) in [5.74, 6) is 0. The molecule has 1 rings (SSSR count). The van der Waals surface area contributed by atoms with Crippen molar-refractivity contribution in [2.24, 2.45) is 0 Å². The van der Waals surface area contributed by atoms with Crippen molar-refractivity contribution in [1.29, 1.82) is 0 Å². The van der Waals surface area contributed by atoms with Crippen LogP contribution in [0.4, 0.5) is 0 Å². The normalized spacial score (nSPS) is 32.8. The highest BCUT2D eigenvalue weighted by Gasteiger charge is 2.30. The molecule has 3 atom stereocenters. The summed E-state index contributed by atoms with van der Waals surface area (Å²) >= 11 is 0. The van der Waals surface area contributed by atoms with Crippen molar-refractivity contribution < 1.29 is 10.2 Å². The monoisotopic (exact) mass is 173 g/mol. The third-order valence-corrected chi connectivity index (χ3v) is 2.93. The van der Waals surface area contributed by atoms with Gasteiger partial charge >= 0.3 is 0 Å². The maximum atomic E-state index is 9.58. The van der Waals surface area contributed by atoms with Gasteiger partial charge in [0.1, 0.15) is 0 Å². The minimum Gasteiger partial charge on any atom is -0.395 e. The van der Waals surface area contributed by atoms with Gasteiger partial charge < -0.3 is 10.2 Å². The highest BCUT2D eigenvalue weighted by atomic mass is 16.3. The van der Waals surface area contributed by atoms with Gasteiger partial charge in [-0.15, -0.1) is 0 Å². The van der Waals surface area contributed by atoms with Gasteiger partial charge in [0.2, 0.25) is 0 Å². The molecule has 0 spiro atoms. The van der Waals surface area contributed by atoms with Crippen LogP contribution in [0.3, 0.4) is 0 Å². The van der Waals surface area contributed by atoms with Gasteiger partial charge in [-0.2, -0.15) is 0 Å². The molecule has 1 unspecified atom stereocenters. The molecule has 0 saturated heterocycles. The zero-order valence-corrected chi connectivity index (χ0v) is 7.90. The molecule has 0 aliphatic heterocycles. The van der Waals surface area contributed by atoms with Crippen molar-refractivity contribution in [1.82, 2.24) is 4.90 Å². The Kier molecular flexibility index (Phi) is 3.50. The molecule has 0 radical (unpaired) electrons. The van der Waals surface area contributed by atoms with Crippen LogP contribution in [-0.2, 0) is 0 Å². The quantitative estimate of drug-likeness (QED) is 0.641. The molecule has 3 nitrogen and oxygen atoms in total. The summed E-state index contributed by atoms with van der Waals surface area (Å²) in [6, 6.07) is 0.412. The minimum atomic E-state index is -0.191. The lowest BCUT2D eigenvalue weighted by Crippen LogP contribution is -2.44. The lowest BCUT2D eigenvalue weighted by Gasteiger charge is -2.31. The number of aliphatic hydroxyl groups excluding tert-OH is 2. The second kappa shape index (κ2) is 4.21. The van der Waals surface area contributed by atoms with Gasteiger partial charge in [-0.25, -0.2) is 0 Å². The molecule has 0 aromatic carbocycles. The van der Waals surface area contributed by atoms with Crippen LogP contribution >= 0.6 is 0 Å². The van der Waals surface area contributed by atoms with Crippen molar-refractivity contribution in [2.45, 2.75) is 44.4 Å². The summed E-state index contributed by atoms with van der Waals surface area (Å²) < 4.78 is 0. The Morgan fingerprint density at radius 1 is 1.50 bits per heavy atom. The molecule has 1 fully saturated rings. The fourth-order valence-corrected chi connectivity index (χ4v) is 1.85. The second-order valence-electron chi connectivity index (χ2n) is 3.76. The first-order valence-corrected chi connectivity index (χ1v) is 4.67. The topological polar surface area (TPSA) is 43.7 Å². The van der Waals surface area contributed by atoms with E-state index in [2.05, 4.69) is 4.90 Å². The van der Waals surface area contributed by atoms with Crippen LogP contribution in [0.5, 0.6) is 0 Å². The molecule has 12 heavy (non-hydrogen) atoms. The van der Waals surface area contributed by atoms with Crippen LogP contribution in [0.25, 0.3) is 0 Å². The van der Waals surface area contributed by atoms with E-state index in [4.69, 9.17) is 5.11 Å². The molecule has 2 N–H and O–H groups in total. The predicted molar refractivity (Wildman–Crippen MR) is 48.0 cm³/mol. The fourth-order valence-electron chi connectivity index (χ4n) is 1.85. The van der Waals surface area contributed by atoms with E-state index >= 15 is 0 Å². The molecule has 0 aromatic heterocycles. The SMILES string of the molecule is CC(CO)N(C)[C@@H]1CCC[C@H]1O. The molecule has 0 bridgehead atoms. The van der Waals surface area contributed by atoms with E-state index in [1.165, 1.54) is 0 Å². The maximum absolute atomic E-state index is 9.58. The van der Waals surface area contributed by atoms with Crippen molar-refractivity contribution in [3.05, 3.63) is 0 Å². The standard InChI is InChI=1S/C9H19NO2/c1-7(6-11)10(2)8-4-3-5-9(8)12/h7-9,11-12H,3-6H2,1-2H3/t7?,8-,9-/m1/s1. The predicted octanol–water partition coefficient (Wildman–Crippen LogP) is 0.212. The summed E-state index contributed by atoms with van der Waals surface area (Å²) in [6.07, 6.45) is 2.88. The Balaban J connectivity index is 2.45. The van der Waals surface area contributed by atoms with Crippen molar-refractivity contribution in [3.63, 3.8) is 0 Å². The maximum Gasteiger partial charge on any atom is 0.0695 e. The average molecular weight is 173 g/mol. The van der Waals surface area contributed by atoms with E-state index in [0.29, 0.717) is 0 Å². The Morgan fingerprint density at radius 3 is 2.58 bits per heavy atom. The van der Waals surface area contributed by atoms with Gasteiger partial charge in [0.25, 0.3) is 0 Å². The first kappa shape index (κ1) is 9.96. The molecule has 3 heteroatoms. The highest BCUT2D eigenvalue weighted by Crippen LogP contribution is 2.24. The van der Waals surface area contributed by atoms with E-state index in [0.717, 1.165) is 19.3 Å². The number of hydrogen-bond donors (Lipinski definition) is 2. The molecule has 0 heterocycles. The highest BCUT2D eigenvalue weighted by molar-refractivity contribution is 4.85. The number of nitrogens with zero attached hydrogens (tertiary/aromatic N) is 1. The summed E-state index contributed by atoms with van der Waals surface area (Å²) in [6.45, 7) is 2.14. The van der Waals surface area contributed by atoms with Gasteiger partial charge in [0.15, 0.2) is 0 Å². The van der Waals surface area contributed by atoms with Crippen LogP contribution in [-0.4, -0.2) is 47.0 Å². The fraction of sp³-hybridized carbons (Fsp3) is 1.00. The molecule has 1 aliphatic rings. The molecule has 0 amide bonds. The van der Waals surface area contributed by atoms with Crippen LogP contribution in [0.1, 0.15) is 26.2 Å². The average Bonchev–Trinajstić information content (AvgIpc) is 2.48. The van der Waals surface area contributed by atoms with Crippen molar-refractivity contribution >= 4 is 0 Å². The number of aliphatic hydroxyl groups is 2. The van der Waals surface area contributed by atoms with Crippen LogP contribution in [0.2, 0.25) is 0 Å². The van der Waals surface area contributed by atoms with Crippen molar-refractivity contribution in [3.8, 4) is 0 Å². The number of rotatable bonds is 3. The van der Waals surface area contributed by atoms with E-state index in [-0.39, 0.29) is 24.8 Å². The van der Waals surface area contributed by atoms with Gasteiger partial charge in [-0.05, 0) is 33.2 Å². The molecule has 0 aromatic rings. The Labute approximate surface area is 74.0 Å². The van der Waals surface area contributed by atoms with E-state index in [9.17, 15) is 5.11 Å². The van der Waals surface area contributed by atoms with Crippen LogP contribution < -0.4 is 0 Å². The summed E-state index contributed by atoms with van der Waals surface area (Å²) in [5.41, 5.74) is 0. The Morgan fingerprint density at radius 2 is 2.17 bits per heavy atom. The second-order valence-corrected chi connectivity index (χ2v) is 3.76.